The van der Waals surface area contributed by atoms with Crippen LogP contribution in [0.2, 0.25) is 0 Å². The maximum absolute atomic E-state index is 12.7. The number of aryl methyl sites for hydroxylation is 1. The molecular formula is C25H22N2O3S. The summed E-state index contributed by atoms with van der Waals surface area (Å²) < 4.78 is 10.5. The summed E-state index contributed by atoms with van der Waals surface area (Å²) in [5.74, 6) is 1.38. The van der Waals surface area contributed by atoms with Crippen LogP contribution in [-0.2, 0) is 0 Å². The smallest absolute Gasteiger partial charge is 0.257 e. The molecule has 1 aromatic heterocycles. The van der Waals surface area contributed by atoms with Crippen molar-refractivity contribution in [1.29, 1.82) is 0 Å². The van der Waals surface area contributed by atoms with Crippen LogP contribution < -0.4 is 14.8 Å². The third kappa shape index (κ3) is 4.59. The van der Waals surface area contributed by atoms with Crippen molar-refractivity contribution in [2.75, 3.05) is 19.5 Å². The van der Waals surface area contributed by atoms with Gasteiger partial charge in [0.2, 0.25) is 0 Å². The summed E-state index contributed by atoms with van der Waals surface area (Å²) in [6, 6.07) is 23.0. The van der Waals surface area contributed by atoms with Crippen LogP contribution in [0.3, 0.4) is 0 Å². The van der Waals surface area contributed by atoms with E-state index in [4.69, 9.17) is 14.5 Å². The second-order valence-electron chi connectivity index (χ2n) is 6.97. The predicted octanol–water partition coefficient (Wildman–Crippen LogP) is 6.06. The Morgan fingerprint density at radius 3 is 1.90 bits per heavy atom. The number of rotatable bonds is 6. The Labute approximate surface area is 185 Å². The first-order chi connectivity index (χ1) is 15.1. The third-order valence-electron chi connectivity index (χ3n) is 4.88. The summed E-state index contributed by atoms with van der Waals surface area (Å²) in [6.07, 6.45) is 0. The molecule has 3 aromatic carbocycles. The Morgan fingerprint density at radius 2 is 1.35 bits per heavy atom. The van der Waals surface area contributed by atoms with Gasteiger partial charge in [-0.25, -0.2) is 4.98 Å². The number of methoxy groups -OCH3 is 2. The fourth-order valence-corrected chi connectivity index (χ4v) is 4.12. The summed E-state index contributed by atoms with van der Waals surface area (Å²) >= 11 is 1.44. The molecule has 6 heteroatoms. The van der Waals surface area contributed by atoms with E-state index in [1.54, 1.807) is 14.2 Å². The normalized spacial score (nSPS) is 10.5. The molecule has 0 saturated heterocycles. The molecule has 0 saturated carbocycles. The van der Waals surface area contributed by atoms with Crippen LogP contribution in [-0.4, -0.2) is 25.1 Å². The van der Waals surface area contributed by atoms with Crippen molar-refractivity contribution in [3.8, 4) is 33.2 Å². The van der Waals surface area contributed by atoms with Crippen LogP contribution in [0.5, 0.6) is 11.5 Å². The molecule has 0 aliphatic carbocycles. The van der Waals surface area contributed by atoms with Crippen molar-refractivity contribution >= 4 is 22.4 Å². The first kappa shape index (κ1) is 20.6. The van der Waals surface area contributed by atoms with Gasteiger partial charge in [-0.1, -0.05) is 29.0 Å². The van der Waals surface area contributed by atoms with Gasteiger partial charge in [-0.2, -0.15) is 0 Å². The second kappa shape index (κ2) is 9.02. The van der Waals surface area contributed by atoms with E-state index in [2.05, 4.69) is 5.32 Å². The Bertz CT molecular complexity index is 1120. The zero-order valence-electron chi connectivity index (χ0n) is 17.5. The Balaban J connectivity index is 1.71. The first-order valence-electron chi connectivity index (χ1n) is 9.75. The molecule has 4 aromatic rings. The first-order valence-corrected chi connectivity index (χ1v) is 10.6. The van der Waals surface area contributed by atoms with Crippen molar-refractivity contribution in [3.05, 3.63) is 83.9 Å². The maximum atomic E-state index is 12.7. The zero-order valence-corrected chi connectivity index (χ0v) is 18.3. The van der Waals surface area contributed by atoms with Crippen LogP contribution in [0, 0.1) is 6.92 Å². The quantitative estimate of drug-likeness (QED) is 0.404. The molecule has 1 heterocycles. The van der Waals surface area contributed by atoms with E-state index in [-0.39, 0.29) is 5.91 Å². The van der Waals surface area contributed by atoms with Gasteiger partial charge in [-0.15, -0.1) is 0 Å². The molecule has 0 radical (unpaired) electrons. The maximum Gasteiger partial charge on any atom is 0.257 e. The number of ether oxygens (including phenoxy) is 2. The van der Waals surface area contributed by atoms with Crippen LogP contribution >= 0.6 is 11.3 Å². The molecule has 0 unspecified atom stereocenters. The molecule has 4 rings (SSSR count). The van der Waals surface area contributed by atoms with Crippen LogP contribution in [0.15, 0.2) is 72.8 Å². The summed E-state index contributed by atoms with van der Waals surface area (Å²) in [4.78, 5) is 18.4. The van der Waals surface area contributed by atoms with Crippen molar-refractivity contribution in [3.63, 3.8) is 0 Å². The fraction of sp³-hybridized carbons (Fsp3) is 0.120. The molecule has 0 aliphatic rings. The number of nitrogens with one attached hydrogen (secondary N) is 1. The van der Waals surface area contributed by atoms with Crippen molar-refractivity contribution in [1.82, 2.24) is 4.98 Å². The van der Waals surface area contributed by atoms with Gasteiger partial charge < -0.3 is 9.47 Å². The van der Waals surface area contributed by atoms with E-state index in [0.29, 0.717) is 10.7 Å². The van der Waals surface area contributed by atoms with Gasteiger partial charge in [0.15, 0.2) is 5.13 Å². The van der Waals surface area contributed by atoms with Crippen LogP contribution in [0.1, 0.15) is 15.9 Å². The largest absolute Gasteiger partial charge is 0.497 e. The summed E-state index contributed by atoms with van der Waals surface area (Å²) in [5, 5.41) is 3.49. The standard InChI is InChI=1S/C25H22N2O3S/c1-16-4-6-19(7-5-16)24(28)27-25-26-22(17-8-12-20(29-2)13-9-17)23(31-25)18-10-14-21(30-3)15-11-18/h4-15H,1-3H3,(H,26,27,28). The molecule has 0 bridgehead atoms. The highest BCUT2D eigenvalue weighted by molar-refractivity contribution is 7.19. The average Bonchev–Trinajstić information content (AvgIpc) is 3.23. The number of anilines is 1. The van der Waals surface area contributed by atoms with E-state index in [1.165, 1.54) is 11.3 Å². The lowest BCUT2D eigenvalue weighted by Crippen LogP contribution is -2.11. The fourth-order valence-electron chi connectivity index (χ4n) is 3.13. The number of thiazole rings is 1. The predicted molar refractivity (Wildman–Crippen MR) is 125 cm³/mol. The van der Waals surface area contributed by atoms with Gasteiger partial charge in [0.05, 0.1) is 24.8 Å². The lowest BCUT2D eigenvalue weighted by Gasteiger charge is -2.05. The highest BCUT2D eigenvalue weighted by Gasteiger charge is 2.17. The van der Waals surface area contributed by atoms with Gasteiger partial charge in [-0.05, 0) is 73.2 Å². The summed E-state index contributed by atoms with van der Waals surface area (Å²) in [6.45, 7) is 1.99. The molecule has 5 nitrogen and oxygen atoms in total. The number of aromatic nitrogens is 1. The van der Waals surface area contributed by atoms with Gasteiger partial charge in [0.25, 0.3) is 5.91 Å². The minimum Gasteiger partial charge on any atom is -0.497 e. The number of hydrogen-bond acceptors (Lipinski definition) is 5. The van der Waals surface area contributed by atoms with Crippen molar-refractivity contribution < 1.29 is 14.3 Å². The number of amides is 1. The molecule has 1 N–H and O–H groups in total. The third-order valence-corrected chi connectivity index (χ3v) is 5.90. The van der Waals surface area contributed by atoms with E-state index >= 15 is 0 Å². The van der Waals surface area contributed by atoms with Crippen LogP contribution in [0.25, 0.3) is 21.7 Å². The van der Waals surface area contributed by atoms with Crippen molar-refractivity contribution in [2.45, 2.75) is 6.92 Å². The van der Waals surface area contributed by atoms with E-state index in [1.807, 2.05) is 79.7 Å². The molecule has 0 fully saturated rings. The van der Waals surface area contributed by atoms with Crippen LogP contribution in [0.4, 0.5) is 5.13 Å². The number of nitrogens with zero attached hydrogens (tertiary/aromatic N) is 1. The van der Waals surface area contributed by atoms with E-state index < -0.39 is 0 Å². The number of carbonyl (C=O) groups is 1. The Morgan fingerprint density at radius 1 is 0.806 bits per heavy atom. The van der Waals surface area contributed by atoms with E-state index in [0.717, 1.165) is 38.8 Å². The molecule has 0 atom stereocenters. The van der Waals surface area contributed by atoms with Gasteiger partial charge in [-0.3, -0.25) is 10.1 Å². The molecule has 31 heavy (non-hydrogen) atoms. The average molecular weight is 431 g/mol. The van der Waals surface area contributed by atoms with Gasteiger partial charge >= 0.3 is 0 Å². The molecule has 0 aliphatic heterocycles. The highest BCUT2D eigenvalue weighted by atomic mass is 32.1. The highest BCUT2D eigenvalue weighted by Crippen LogP contribution is 2.40. The lowest BCUT2D eigenvalue weighted by molar-refractivity contribution is 0.102. The SMILES string of the molecule is COc1ccc(-c2nc(NC(=O)c3ccc(C)cc3)sc2-c2ccc(OC)cc2)cc1. The minimum absolute atomic E-state index is 0.184. The Hall–Kier alpha value is -3.64. The zero-order chi connectivity index (χ0) is 21.8. The Kier molecular flexibility index (Phi) is 6.00. The molecule has 0 spiro atoms. The summed E-state index contributed by atoms with van der Waals surface area (Å²) in [5.41, 5.74) is 4.45. The molecule has 156 valence electrons. The number of hydrogen-bond donors (Lipinski definition) is 1. The van der Waals surface area contributed by atoms with Crippen molar-refractivity contribution in [2.24, 2.45) is 0 Å². The number of benzene rings is 3. The summed E-state index contributed by atoms with van der Waals surface area (Å²) in [7, 11) is 3.28. The van der Waals surface area contributed by atoms with Gasteiger partial charge in [0.1, 0.15) is 11.5 Å². The lowest BCUT2D eigenvalue weighted by atomic mass is 10.1. The number of carbonyl (C=O) groups excluding carboxylic acids is 1. The second-order valence-corrected chi connectivity index (χ2v) is 7.97. The molecule has 1 amide bonds. The topological polar surface area (TPSA) is 60.5 Å². The monoisotopic (exact) mass is 430 g/mol. The van der Waals surface area contributed by atoms with E-state index in [9.17, 15) is 4.79 Å². The van der Waals surface area contributed by atoms with Gasteiger partial charge in [0, 0.05) is 11.1 Å². The molecular weight excluding hydrogens is 408 g/mol. The minimum atomic E-state index is -0.184.